The van der Waals surface area contributed by atoms with Crippen LogP contribution in [0.25, 0.3) is 0 Å². The molecule has 1 aromatic carbocycles. The van der Waals surface area contributed by atoms with Crippen molar-refractivity contribution < 1.29 is 4.84 Å². The third-order valence-corrected chi connectivity index (χ3v) is 4.58. The van der Waals surface area contributed by atoms with Crippen molar-refractivity contribution in [1.29, 1.82) is 0 Å². The first-order chi connectivity index (χ1) is 12.1. The van der Waals surface area contributed by atoms with E-state index in [9.17, 15) is 0 Å². The highest BCUT2D eigenvalue weighted by Crippen LogP contribution is 2.34. The summed E-state index contributed by atoms with van der Waals surface area (Å²) in [6.45, 7) is 9.11. The Hall–Kier alpha value is -2.08. The van der Waals surface area contributed by atoms with Gasteiger partial charge in [-0.05, 0) is 50.3 Å². The Bertz CT molecular complexity index is 713. The van der Waals surface area contributed by atoms with Gasteiger partial charge in [0.1, 0.15) is 7.11 Å². The summed E-state index contributed by atoms with van der Waals surface area (Å²) in [5.74, 6) is 1.76. The van der Waals surface area contributed by atoms with Crippen molar-refractivity contribution in [2.24, 2.45) is 5.16 Å². The number of hydrogen-bond acceptors (Lipinski definition) is 6. The summed E-state index contributed by atoms with van der Waals surface area (Å²) in [5, 5.41) is 3.82. The van der Waals surface area contributed by atoms with Gasteiger partial charge in [-0.15, -0.1) is 11.8 Å². The molecule has 0 atom stereocenters. The lowest BCUT2D eigenvalue weighted by Crippen LogP contribution is -2.20. The topological polar surface area (TPSA) is 50.6 Å². The third-order valence-electron chi connectivity index (χ3n) is 3.65. The smallest absolute Gasteiger partial charge is 0.230 e. The van der Waals surface area contributed by atoms with E-state index >= 15 is 0 Å². The van der Waals surface area contributed by atoms with Gasteiger partial charge in [0.05, 0.1) is 5.69 Å². The van der Waals surface area contributed by atoms with Crippen molar-refractivity contribution >= 4 is 29.6 Å². The van der Waals surface area contributed by atoms with Gasteiger partial charge < -0.3 is 9.74 Å². The van der Waals surface area contributed by atoms with Crippen LogP contribution in [0.15, 0.2) is 34.3 Å². The second-order valence-electron chi connectivity index (χ2n) is 5.60. The predicted octanol–water partition coefficient (Wildman–Crippen LogP) is 4.54. The van der Waals surface area contributed by atoms with Crippen LogP contribution < -0.4 is 4.90 Å². The molecule has 0 bridgehead atoms. The molecule has 0 aliphatic heterocycles. The lowest BCUT2D eigenvalue weighted by Gasteiger charge is -2.24. The Balaban J connectivity index is 2.41. The van der Waals surface area contributed by atoms with E-state index in [-0.39, 0.29) is 0 Å². The Labute approximate surface area is 154 Å². The van der Waals surface area contributed by atoms with E-state index in [0.29, 0.717) is 0 Å². The fourth-order valence-electron chi connectivity index (χ4n) is 2.64. The molecule has 0 saturated carbocycles. The molecule has 0 amide bonds. The molecule has 2 rings (SSSR count). The van der Waals surface area contributed by atoms with Crippen molar-refractivity contribution in [2.45, 2.75) is 39.0 Å². The fraction of sp³-hybridized carbons (Fsp3) is 0.421. The molecule has 5 nitrogen and oxygen atoms in total. The van der Waals surface area contributed by atoms with E-state index in [2.05, 4.69) is 52.1 Å². The average molecular weight is 359 g/mol. The van der Waals surface area contributed by atoms with Crippen molar-refractivity contribution in [3.8, 4) is 0 Å². The number of oxime groups is 1. The number of anilines is 2. The molecule has 0 aliphatic rings. The quantitative estimate of drug-likeness (QED) is 0.394. The van der Waals surface area contributed by atoms with Crippen LogP contribution in [0, 0.1) is 13.8 Å². The van der Waals surface area contributed by atoms with E-state index in [1.54, 1.807) is 13.3 Å². The molecule has 0 N–H and O–H groups in total. The standard InChI is InChI=1S/C19H26N4OS/c1-6-23(19-21-14(3)12-15(4)22-19)17-9-8-16(10-11-20-24-5)13-18(17)25-7-2/h8-9,11-13H,6-7,10H2,1-5H3. The van der Waals surface area contributed by atoms with Gasteiger partial charge in [0, 0.05) is 35.5 Å². The monoisotopic (exact) mass is 358 g/mol. The number of thioether (sulfide) groups is 1. The van der Waals surface area contributed by atoms with Crippen molar-refractivity contribution in [1.82, 2.24) is 9.97 Å². The normalized spacial score (nSPS) is 11.1. The predicted molar refractivity (Wildman–Crippen MR) is 106 cm³/mol. The molecule has 1 aromatic heterocycles. The molecule has 0 fully saturated rings. The molecule has 0 aliphatic carbocycles. The van der Waals surface area contributed by atoms with Crippen molar-refractivity contribution in [3.63, 3.8) is 0 Å². The summed E-state index contributed by atoms with van der Waals surface area (Å²) in [4.78, 5) is 17.4. The molecular weight excluding hydrogens is 332 g/mol. The first kappa shape index (κ1) is 19.2. The van der Waals surface area contributed by atoms with E-state index in [1.807, 2.05) is 31.7 Å². The average Bonchev–Trinajstić information content (AvgIpc) is 2.57. The SMILES string of the molecule is CCSc1cc(CC=NOC)ccc1N(CC)c1nc(C)cc(C)n1. The molecule has 2 aromatic rings. The first-order valence-corrected chi connectivity index (χ1v) is 9.48. The van der Waals surface area contributed by atoms with Crippen molar-refractivity contribution in [2.75, 3.05) is 24.3 Å². The zero-order valence-corrected chi connectivity index (χ0v) is 16.4. The van der Waals surface area contributed by atoms with Gasteiger partial charge in [0.15, 0.2) is 0 Å². The van der Waals surface area contributed by atoms with Gasteiger partial charge in [-0.2, -0.15) is 0 Å². The van der Waals surface area contributed by atoms with Crippen molar-refractivity contribution in [3.05, 3.63) is 41.2 Å². The number of hydrogen-bond donors (Lipinski definition) is 0. The van der Waals surface area contributed by atoms with Crippen LogP contribution in [0.2, 0.25) is 0 Å². The minimum Gasteiger partial charge on any atom is -0.399 e. The maximum absolute atomic E-state index is 4.74. The van der Waals surface area contributed by atoms with Crippen LogP contribution in [0.4, 0.5) is 11.6 Å². The second kappa shape index (κ2) is 9.42. The highest BCUT2D eigenvalue weighted by Gasteiger charge is 2.16. The maximum Gasteiger partial charge on any atom is 0.230 e. The molecular formula is C19H26N4OS. The fourth-order valence-corrected chi connectivity index (χ4v) is 3.52. The van der Waals surface area contributed by atoms with Gasteiger partial charge in [0.2, 0.25) is 5.95 Å². The lowest BCUT2D eigenvalue weighted by atomic mass is 10.1. The zero-order valence-electron chi connectivity index (χ0n) is 15.6. The molecule has 1 heterocycles. The van der Waals surface area contributed by atoms with E-state index in [0.717, 1.165) is 41.7 Å². The molecule has 0 spiro atoms. The van der Waals surface area contributed by atoms with Crippen LogP contribution in [0.1, 0.15) is 30.8 Å². The number of rotatable bonds is 8. The number of aryl methyl sites for hydroxylation is 2. The molecule has 0 radical (unpaired) electrons. The minimum absolute atomic E-state index is 0.748. The van der Waals surface area contributed by atoms with E-state index in [4.69, 9.17) is 4.84 Å². The second-order valence-corrected chi connectivity index (χ2v) is 6.91. The van der Waals surface area contributed by atoms with Crippen LogP contribution in [0.3, 0.4) is 0 Å². The highest BCUT2D eigenvalue weighted by atomic mass is 32.2. The highest BCUT2D eigenvalue weighted by molar-refractivity contribution is 7.99. The molecule has 6 heteroatoms. The summed E-state index contributed by atoms with van der Waals surface area (Å²) < 4.78 is 0. The largest absolute Gasteiger partial charge is 0.399 e. The van der Waals surface area contributed by atoms with Gasteiger partial charge in [-0.3, -0.25) is 0 Å². The zero-order chi connectivity index (χ0) is 18.2. The Morgan fingerprint density at radius 2 is 1.88 bits per heavy atom. The Morgan fingerprint density at radius 1 is 1.16 bits per heavy atom. The molecule has 25 heavy (non-hydrogen) atoms. The lowest BCUT2D eigenvalue weighted by molar-refractivity contribution is 0.215. The van der Waals surface area contributed by atoms with E-state index < -0.39 is 0 Å². The summed E-state index contributed by atoms with van der Waals surface area (Å²) in [7, 11) is 1.56. The van der Waals surface area contributed by atoms with Crippen LogP contribution in [0.5, 0.6) is 0 Å². The van der Waals surface area contributed by atoms with Crippen LogP contribution in [-0.2, 0) is 11.3 Å². The van der Waals surface area contributed by atoms with Crippen LogP contribution >= 0.6 is 11.8 Å². The summed E-state index contributed by atoms with van der Waals surface area (Å²) in [6, 6.07) is 8.49. The van der Waals surface area contributed by atoms with Gasteiger partial charge in [-0.1, -0.05) is 18.1 Å². The first-order valence-electron chi connectivity index (χ1n) is 8.49. The summed E-state index contributed by atoms with van der Waals surface area (Å²) in [5.41, 5.74) is 4.32. The number of nitrogens with zero attached hydrogens (tertiary/aromatic N) is 4. The van der Waals surface area contributed by atoms with E-state index in [1.165, 1.54) is 10.5 Å². The third kappa shape index (κ3) is 5.19. The van der Waals surface area contributed by atoms with Crippen LogP contribution in [-0.4, -0.2) is 35.6 Å². The Morgan fingerprint density at radius 3 is 2.48 bits per heavy atom. The minimum atomic E-state index is 0.748. The number of benzene rings is 1. The molecule has 134 valence electrons. The van der Waals surface area contributed by atoms with Gasteiger partial charge in [0.25, 0.3) is 0 Å². The van der Waals surface area contributed by atoms with Gasteiger partial charge in [-0.25, -0.2) is 9.97 Å². The summed E-state index contributed by atoms with van der Waals surface area (Å²) >= 11 is 1.83. The Kier molecular flexibility index (Phi) is 7.25. The molecule has 0 saturated heterocycles. The number of aromatic nitrogens is 2. The maximum atomic E-state index is 4.74. The molecule has 0 unspecified atom stereocenters. The van der Waals surface area contributed by atoms with Gasteiger partial charge >= 0.3 is 0 Å². The summed E-state index contributed by atoms with van der Waals surface area (Å²) in [6.07, 6.45) is 2.53.